The van der Waals surface area contributed by atoms with E-state index >= 15 is 0 Å². The van der Waals surface area contributed by atoms with E-state index in [4.69, 9.17) is 23.7 Å². The van der Waals surface area contributed by atoms with Crippen molar-refractivity contribution < 1.29 is 47.2 Å². The number of carbonyl (C=O) groups is 2. The fourth-order valence-corrected chi connectivity index (χ4v) is 7.99. The van der Waals surface area contributed by atoms with Crippen LogP contribution in [0.2, 0.25) is 0 Å². The number of aliphatic hydroxyl groups is 1. The number of hydrogen-bond donors (Lipinski definition) is 1. The van der Waals surface area contributed by atoms with Crippen LogP contribution >= 0.6 is 0 Å². The number of halogens is 2. The first-order chi connectivity index (χ1) is 28.8. The minimum Gasteiger partial charge on any atom is -0.444 e. The number of amides is 2. The predicted octanol–water partition coefficient (Wildman–Crippen LogP) is 4.60. The fraction of sp³-hybridized carbons (Fsp3) is 0.429. The molecule has 3 saturated heterocycles. The average molecular weight is 829 g/mol. The van der Waals surface area contributed by atoms with Crippen molar-refractivity contribution in [3.8, 4) is 22.5 Å². The predicted molar refractivity (Wildman–Crippen MR) is 209 cm³/mol. The van der Waals surface area contributed by atoms with Crippen molar-refractivity contribution in [2.24, 2.45) is 0 Å². The zero-order chi connectivity index (χ0) is 42.3. The number of nitrogens with zero attached hydrogens (tertiary/aromatic N) is 8. The lowest BCUT2D eigenvalue weighted by atomic mass is 9.89. The van der Waals surface area contributed by atoms with Gasteiger partial charge in [-0.2, -0.15) is 0 Å². The van der Waals surface area contributed by atoms with Gasteiger partial charge in [0.15, 0.2) is 12.4 Å². The molecule has 0 radical (unpaired) electrons. The van der Waals surface area contributed by atoms with Crippen molar-refractivity contribution in [2.45, 2.75) is 81.3 Å². The standard InChI is InChI=1S/C42H46F2N8O8/c1-42(2,3)60-41(55)50-21-31(35(53)32(22-50)51-19-29(45-47-51)25-13-9-15-27(43)17-25)49(4)39(54)38-37(56-5)34(52-20-30(46-48-52)26-14-10-16-28(44)18-26)36-33(58-38)23-57-40(59-36)24-11-7-6-8-12-24/h6-20,31-38,40,53H,21-23H2,1-5H3/t31-,32+,33-,34+,35+,36+,37-,38-,40?/m1/s1. The Kier molecular flexibility index (Phi) is 11.5. The molecule has 0 spiro atoms. The Labute approximate surface area is 344 Å². The Morgan fingerprint density at radius 2 is 1.50 bits per heavy atom. The number of methoxy groups -OCH3 is 1. The monoisotopic (exact) mass is 828 g/mol. The number of likely N-dealkylation sites (tertiary alicyclic amines) is 1. The van der Waals surface area contributed by atoms with Crippen molar-refractivity contribution in [2.75, 3.05) is 33.9 Å². The van der Waals surface area contributed by atoms with Gasteiger partial charge in [-0.15, -0.1) is 10.2 Å². The van der Waals surface area contributed by atoms with Crippen LogP contribution in [0, 0.1) is 11.6 Å². The molecule has 2 aromatic heterocycles. The van der Waals surface area contributed by atoms with Crippen LogP contribution in [-0.4, -0.2) is 133 Å². The van der Waals surface area contributed by atoms with Crippen LogP contribution in [0.25, 0.3) is 22.5 Å². The van der Waals surface area contributed by atoms with Crippen molar-refractivity contribution in [3.63, 3.8) is 0 Å². The number of carbonyl (C=O) groups excluding carboxylic acids is 2. The summed E-state index contributed by atoms with van der Waals surface area (Å²) in [5.41, 5.74) is 1.61. The maximum atomic E-state index is 14.9. The van der Waals surface area contributed by atoms with E-state index in [1.54, 1.807) is 62.1 Å². The van der Waals surface area contributed by atoms with Gasteiger partial charge in [-0.3, -0.25) is 4.79 Å². The van der Waals surface area contributed by atoms with Crippen LogP contribution < -0.4 is 0 Å². The molecule has 0 bridgehead atoms. The van der Waals surface area contributed by atoms with E-state index in [-0.39, 0.29) is 19.7 Å². The van der Waals surface area contributed by atoms with Gasteiger partial charge in [-0.1, -0.05) is 65.0 Å². The van der Waals surface area contributed by atoms with Gasteiger partial charge in [0.2, 0.25) is 0 Å². The summed E-state index contributed by atoms with van der Waals surface area (Å²) in [4.78, 5) is 31.3. The number of piperidine rings is 1. The Hall–Kier alpha value is -5.66. The number of aliphatic hydroxyl groups excluding tert-OH is 1. The van der Waals surface area contributed by atoms with Gasteiger partial charge in [0.05, 0.1) is 31.1 Å². The summed E-state index contributed by atoms with van der Waals surface area (Å²) >= 11 is 0. The first-order valence-corrected chi connectivity index (χ1v) is 19.6. The lowest BCUT2D eigenvalue weighted by Gasteiger charge is -2.50. The molecule has 1 N–H and O–H groups in total. The molecule has 3 aliphatic rings. The van der Waals surface area contributed by atoms with E-state index in [1.807, 2.05) is 30.3 Å². The molecule has 8 rings (SSSR count). The quantitative estimate of drug-likeness (QED) is 0.231. The van der Waals surface area contributed by atoms with Gasteiger partial charge in [0.25, 0.3) is 5.91 Å². The molecule has 0 aliphatic carbocycles. The van der Waals surface area contributed by atoms with Crippen molar-refractivity contribution in [1.29, 1.82) is 0 Å². The third-order valence-corrected chi connectivity index (χ3v) is 10.9. The van der Waals surface area contributed by atoms with Crippen LogP contribution in [0.1, 0.15) is 44.7 Å². The lowest BCUT2D eigenvalue weighted by molar-refractivity contribution is -0.315. The molecule has 60 heavy (non-hydrogen) atoms. The van der Waals surface area contributed by atoms with Crippen molar-refractivity contribution in [3.05, 3.63) is 108 Å². The highest BCUT2D eigenvalue weighted by atomic mass is 19.1. The minimum atomic E-state index is -1.30. The minimum absolute atomic E-state index is 0.0375. The summed E-state index contributed by atoms with van der Waals surface area (Å²) in [6, 6.07) is 18.4. The average Bonchev–Trinajstić information content (AvgIpc) is 3.93. The van der Waals surface area contributed by atoms with Gasteiger partial charge in [0.1, 0.15) is 59.1 Å². The molecule has 18 heteroatoms. The van der Waals surface area contributed by atoms with E-state index < -0.39 is 84.2 Å². The first-order valence-electron chi connectivity index (χ1n) is 19.6. The van der Waals surface area contributed by atoms with Crippen LogP contribution in [-0.2, 0) is 28.5 Å². The van der Waals surface area contributed by atoms with Crippen LogP contribution in [0.3, 0.4) is 0 Å². The fourth-order valence-electron chi connectivity index (χ4n) is 7.99. The second kappa shape index (κ2) is 16.8. The summed E-state index contributed by atoms with van der Waals surface area (Å²) < 4.78 is 62.4. The maximum Gasteiger partial charge on any atom is 0.410 e. The molecule has 0 saturated carbocycles. The van der Waals surface area contributed by atoms with Gasteiger partial charge in [-0.25, -0.2) is 22.9 Å². The molecule has 1 unspecified atom stereocenters. The Morgan fingerprint density at radius 3 is 2.12 bits per heavy atom. The van der Waals surface area contributed by atoms with Gasteiger partial charge in [0, 0.05) is 43.9 Å². The zero-order valence-corrected chi connectivity index (χ0v) is 33.6. The lowest BCUT2D eigenvalue weighted by Crippen LogP contribution is -2.66. The van der Waals surface area contributed by atoms with Gasteiger partial charge < -0.3 is 38.6 Å². The number of hydrogen-bond acceptors (Lipinski definition) is 12. The van der Waals surface area contributed by atoms with E-state index in [9.17, 15) is 23.5 Å². The number of aromatic nitrogens is 6. The highest BCUT2D eigenvalue weighted by molar-refractivity contribution is 5.82. The Morgan fingerprint density at radius 1 is 0.867 bits per heavy atom. The van der Waals surface area contributed by atoms with Gasteiger partial charge in [-0.05, 0) is 45.0 Å². The molecule has 3 aromatic carbocycles. The molecule has 3 fully saturated rings. The molecule has 5 aromatic rings. The first kappa shape index (κ1) is 41.1. The van der Waals surface area contributed by atoms with E-state index in [0.29, 0.717) is 22.5 Å². The van der Waals surface area contributed by atoms with E-state index in [2.05, 4.69) is 20.6 Å². The number of rotatable bonds is 8. The number of benzene rings is 3. The maximum absolute atomic E-state index is 14.9. The SMILES string of the molecule is CO[C@@H]1[C@@H](n2cc(-c3cccc(F)c3)nn2)[C@H]2OC(c3ccccc3)OC[C@H]2O[C@H]1C(=O)N(C)[C@@H]1CN(C(=O)OC(C)(C)C)C[C@H](n2cc(-c3cccc(F)c3)nn2)[C@H]1O. The number of fused-ring (bicyclic) bond motifs is 1. The molecule has 16 nitrogen and oxygen atoms in total. The van der Waals surface area contributed by atoms with Crippen LogP contribution in [0.15, 0.2) is 91.3 Å². The van der Waals surface area contributed by atoms with E-state index in [0.717, 1.165) is 5.56 Å². The van der Waals surface area contributed by atoms with Crippen molar-refractivity contribution in [1.82, 2.24) is 39.8 Å². The van der Waals surface area contributed by atoms with Crippen molar-refractivity contribution >= 4 is 12.0 Å². The van der Waals surface area contributed by atoms with E-state index in [1.165, 1.54) is 52.9 Å². The molecule has 3 aliphatic heterocycles. The summed E-state index contributed by atoms with van der Waals surface area (Å²) in [6.07, 6.45) is -3.44. The molecule has 5 heterocycles. The molecular formula is C42H46F2N8O8. The largest absolute Gasteiger partial charge is 0.444 e. The second-order valence-corrected chi connectivity index (χ2v) is 16.1. The Bertz CT molecular complexity index is 2310. The van der Waals surface area contributed by atoms with Gasteiger partial charge >= 0.3 is 6.09 Å². The molecule has 9 atom stereocenters. The third kappa shape index (κ3) is 8.38. The topological polar surface area (TPSA) is 168 Å². The smallest absolute Gasteiger partial charge is 0.410 e. The summed E-state index contributed by atoms with van der Waals surface area (Å²) in [6.45, 7) is 5.11. The zero-order valence-electron chi connectivity index (χ0n) is 33.6. The Balaban J connectivity index is 1.11. The summed E-state index contributed by atoms with van der Waals surface area (Å²) in [5, 5.41) is 29.3. The summed E-state index contributed by atoms with van der Waals surface area (Å²) in [5.74, 6) is -1.47. The van der Waals surface area contributed by atoms with Crippen LogP contribution in [0.5, 0.6) is 0 Å². The normalized spacial score (nSPS) is 26.9. The summed E-state index contributed by atoms with van der Waals surface area (Å²) in [7, 11) is 2.95. The third-order valence-electron chi connectivity index (χ3n) is 10.9. The number of ether oxygens (including phenoxy) is 5. The van der Waals surface area contributed by atoms with Crippen LogP contribution in [0.4, 0.5) is 13.6 Å². The highest BCUT2D eigenvalue weighted by Crippen LogP contribution is 2.41. The second-order valence-electron chi connectivity index (χ2n) is 16.1. The highest BCUT2D eigenvalue weighted by Gasteiger charge is 2.55. The number of likely N-dealkylation sites (N-methyl/N-ethyl adjacent to an activating group) is 1. The molecule has 2 amide bonds. The molecular weight excluding hydrogens is 783 g/mol. The molecule has 316 valence electrons.